The lowest BCUT2D eigenvalue weighted by Gasteiger charge is -2.33. The second-order valence-electron chi connectivity index (χ2n) is 5.59. The summed E-state index contributed by atoms with van der Waals surface area (Å²) in [5.41, 5.74) is 8.39. The van der Waals surface area contributed by atoms with Crippen molar-refractivity contribution in [2.75, 3.05) is 0 Å². The van der Waals surface area contributed by atoms with Crippen molar-refractivity contribution in [3.05, 3.63) is 35.4 Å². The Kier molecular flexibility index (Phi) is 4.19. The van der Waals surface area contributed by atoms with Crippen LogP contribution in [0.5, 0.6) is 0 Å². The highest BCUT2D eigenvalue weighted by molar-refractivity contribution is 5.24. The van der Waals surface area contributed by atoms with E-state index in [1.807, 2.05) is 31.2 Å². The molecule has 0 radical (unpaired) electrons. The Labute approximate surface area is 112 Å². The second-order valence-corrected chi connectivity index (χ2v) is 5.59. The third-order valence-corrected chi connectivity index (χ3v) is 4.20. The fourth-order valence-electron chi connectivity index (χ4n) is 2.87. The molecule has 1 nitrogen and oxygen atoms in total. The first kappa shape index (κ1) is 14.4. The van der Waals surface area contributed by atoms with Gasteiger partial charge in [0.2, 0.25) is 0 Å². The maximum absolute atomic E-state index is 12.6. The number of nitrogens with two attached hydrogens (primary N) is 1. The summed E-state index contributed by atoms with van der Waals surface area (Å²) in [6, 6.07) is 7.81. The second kappa shape index (κ2) is 5.53. The summed E-state index contributed by atoms with van der Waals surface area (Å²) < 4.78 is 37.8. The van der Waals surface area contributed by atoms with Crippen LogP contribution in [0.1, 0.15) is 42.9 Å². The standard InChI is InChI=1S/C15H20F3N/c1-10-2-4-11(5-3-10)14(19)12-6-8-13(9-7-12)15(16,17)18/h2-5,12-14H,6-9,19H2,1H3. The van der Waals surface area contributed by atoms with Crippen LogP contribution < -0.4 is 5.73 Å². The molecule has 0 aromatic heterocycles. The van der Waals surface area contributed by atoms with Crippen LogP contribution in [0, 0.1) is 18.8 Å². The highest BCUT2D eigenvalue weighted by Crippen LogP contribution is 2.42. The van der Waals surface area contributed by atoms with Gasteiger partial charge in [0.25, 0.3) is 0 Å². The van der Waals surface area contributed by atoms with Gasteiger partial charge in [-0.25, -0.2) is 0 Å². The third kappa shape index (κ3) is 3.50. The Morgan fingerprint density at radius 3 is 2.05 bits per heavy atom. The fraction of sp³-hybridized carbons (Fsp3) is 0.600. The maximum Gasteiger partial charge on any atom is 0.391 e. The van der Waals surface area contributed by atoms with Crippen LogP contribution in [0.15, 0.2) is 24.3 Å². The van der Waals surface area contributed by atoms with E-state index in [2.05, 4.69) is 0 Å². The average Bonchev–Trinajstić information content (AvgIpc) is 2.38. The minimum Gasteiger partial charge on any atom is -0.324 e. The molecule has 1 atom stereocenters. The molecule has 1 aliphatic rings. The van der Waals surface area contributed by atoms with E-state index in [0.717, 1.165) is 11.1 Å². The van der Waals surface area contributed by atoms with Gasteiger partial charge in [0.05, 0.1) is 5.92 Å². The van der Waals surface area contributed by atoms with E-state index in [0.29, 0.717) is 12.8 Å². The first-order chi connectivity index (χ1) is 8.88. The number of rotatable bonds is 2. The Morgan fingerprint density at radius 2 is 1.58 bits per heavy atom. The largest absolute Gasteiger partial charge is 0.391 e. The summed E-state index contributed by atoms with van der Waals surface area (Å²) in [4.78, 5) is 0. The van der Waals surface area contributed by atoms with Crippen LogP contribution in [-0.4, -0.2) is 6.18 Å². The highest BCUT2D eigenvalue weighted by Gasteiger charge is 2.42. The van der Waals surface area contributed by atoms with E-state index in [1.165, 1.54) is 0 Å². The van der Waals surface area contributed by atoms with Crippen LogP contribution in [0.3, 0.4) is 0 Å². The molecule has 1 aliphatic carbocycles. The van der Waals surface area contributed by atoms with Crippen molar-refractivity contribution in [1.82, 2.24) is 0 Å². The van der Waals surface area contributed by atoms with E-state index >= 15 is 0 Å². The summed E-state index contributed by atoms with van der Waals surface area (Å²) in [7, 11) is 0. The van der Waals surface area contributed by atoms with Gasteiger partial charge >= 0.3 is 6.18 Å². The Morgan fingerprint density at radius 1 is 1.05 bits per heavy atom. The molecule has 2 rings (SSSR count). The Hall–Kier alpha value is -1.03. The van der Waals surface area contributed by atoms with Crippen molar-refractivity contribution in [2.24, 2.45) is 17.6 Å². The first-order valence-electron chi connectivity index (χ1n) is 6.77. The fourth-order valence-corrected chi connectivity index (χ4v) is 2.87. The van der Waals surface area contributed by atoms with Crippen molar-refractivity contribution in [1.29, 1.82) is 0 Å². The molecule has 0 aliphatic heterocycles. The molecular weight excluding hydrogens is 251 g/mol. The molecule has 1 aromatic rings. The zero-order chi connectivity index (χ0) is 14.0. The predicted octanol–water partition coefficient (Wildman–Crippen LogP) is 4.36. The smallest absolute Gasteiger partial charge is 0.324 e. The molecule has 0 amide bonds. The van der Waals surface area contributed by atoms with Gasteiger partial charge in [-0.05, 0) is 44.1 Å². The first-order valence-corrected chi connectivity index (χ1v) is 6.77. The molecule has 4 heteroatoms. The summed E-state index contributed by atoms with van der Waals surface area (Å²) >= 11 is 0. The summed E-state index contributed by atoms with van der Waals surface area (Å²) in [5, 5.41) is 0. The van der Waals surface area contributed by atoms with Crippen molar-refractivity contribution < 1.29 is 13.2 Å². The lowest BCUT2D eigenvalue weighted by Crippen LogP contribution is -2.31. The SMILES string of the molecule is Cc1ccc(C(N)C2CCC(C(F)(F)F)CC2)cc1. The Balaban J connectivity index is 1.96. The molecule has 0 bridgehead atoms. The number of aryl methyl sites for hydroxylation is 1. The molecule has 19 heavy (non-hydrogen) atoms. The molecule has 0 spiro atoms. The molecule has 1 fully saturated rings. The molecule has 0 saturated heterocycles. The summed E-state index contributed by atoms with van der Waals surface area (Å²) in [6.07, 6.45) is -2.47. The summed E-state index contributed by atoms with van der Waals surface area (Å²) in [5.74, 6) is -0.963. The van der Waals surface area contributed by atoms with Gasteiger partial charge in [0.15, 0.2) is 0 Å². The zero-order valence-electron chi connectivity index (χ0n) is 11.1. The van der Waals surface area contributed by atoms with Gasteiger partial charge in [-0.15, -0.1) is 0 Å². The zero-order valence-corrected chi connectivity index (χ0v) is 11.1. The molecule has 1 saturated carbocycles. The highest BCUT2D eigenvalue weighted by atomic mass is 19.4. The van der Waals surface area contributed by atoms with E-state index < -0.39 is 12.1 Å². The topological polar surface area (TPSA) is 26.0 Å². The number of hydrogen-bond acceptors (Lipinski definition) is 1. The Bertz CT molecular complexity index is 402. The number of hydrogen-bond donors (Lipinski definition) is 1. The molecule has 1 unspecified atom stereocenters. The lowest BCUT2D eigenvalue weighted by atomic mass is 9.77. The average molecular weight is 271 g/mol. The van der Waals surface area contributed by atoms with Gasteiger partial charge in [0.1, 0.15) is 0 Å². The van der Waals surface area contributed by atoms with E-state index in [4.69, 9.17) is 5.73 Å². The summed E-state index contributed by atoms with van der Waals surface area (Å²) in [6.45, 7) is 2.00. The molecular formula is C15H20F3N. The normalized spacial score (nSPS) is 26.2. The minimum absolute atomic E-state index is 0.144. The molecule has 106 valence electrons. The van der Waals surface area contributed by atoms with Crippen molar-refractivity contribution in [2.45, 2.75) is 44.8 Å². The quantitative estimate of drug-likeness (QED) is 0.849. The van der Waals surface area contributed by atoms with Crippen LogP contribution in [-0.2, 0) is 0 Å². The minimum atomic E-state index is -4.04. The third-order valence-electron chi connectivity index (χ3n) is 4.20. The van der Waals surface area contributed by atoms with Crippen LogP contribution >= 0.6 is 0 Å². The van der Waals surface area contributed by atoms with E-state index in [9.17, 15) is 13.2 Å². The van der Waals surface area contributed by atoms with Crippen LogP contribution in [0.25, 0.3) is 0 Å². The van der Waals surface area contributed by atoms with Crippen molar-refractivity contribution in [3.63, 3.8) is 0 Å². The van der Waals surface area contributed by atoms with Crippen LogP contribution in [0.4, 0.5) is 13.2 Å². The van der Waals surface area contributed by atoms with Crippen LogP contribution in [0.2, 0.25) is 0 Å². The van der Waals surface area contributed by atoms with Gasteiger partial charge in [0, 0.05) is 6.04 Å². The predicted molar refractivity (Wildman–Crippen MR) is 69.6 cm³/mol. The van der Waals surface area contributed by atoms with Gasteiger partial charge in [-0.2, -0.15) is 13.2 Å². The lowest BCUT2D eigenvalue weighted by molar-refractivity contribution is -0.184. The monoisotopic (exact) mass is 271 g/mol. The molecule has 2 N–H and O–H groups in total. The van der Waals surface area contributed by atoms with Gasteiger partial charge in [-0.3, -0.25) is 0 Å². The van der Waals surface area contributed by atoms with Crippen molar-refractivity contribution >= 4 is 0 Å². The number of halogens is 3. The van der Waals surface area contributed by atoms with E-state index in [1.54, 1.807) is 0 Å². The molecule has 0 heterocycles. The maximum atomic E-state index is 12.6. The van der Waals surface area contributed by atoms with Gasteiger partial charge in [-0.1, -0.05) is 29.8 Å². The molecule has 1 aromatic carbocycles. The van der Waals surface area contributed by atoms with E-state index in [-0.39, 0.29) is 24.8 Å². The number of benzene rings is 1. The number of alkyl halides is 3. The van der Waals surface area contributed by atoms with Gasteiger partial charge < -0.3 is 5.73 Å². The van der Waals surface area contributed by atoms with Crippen molar-refractivity contribution in [3.8, 4) is 0 Å².